The standard InChI is InChI=1S/C26H26N5O12P/c1-26(29-30-27)21(33)19(41-24(26)31-13-12-20(32)28-25(31)36)14-40-44(37,42-17-10-6-4-8-15(17)22(34)38-2)43-18-11-7-5-9-16(18)23(35)39-3/h4-13,19,21,24,33H,14H2,1-3H3,(H,28,32,36)/t19-,21-,24-,26-/m1/s1. The van der Waals surface area contributed by atoms with Crippen molar-refractivity contribution in [2.24, 2.45) is 5.11 Å². The molecule has 0 radical (unpaired) electrons. The minimum atomic E-state index is -4.89. The monoisotopic (exact) mass is 631 g/mol. The lowest BCUT2D eigenvalue weighted by atomic mass is 9.93. The third-order valence-electron chi connectivity index (χ3n) is 6.52. The topological polar surface area (TPSA) is 230 Å². The maximum absolute atomic E-state index is 14.2. The number of benzene rings is 2. The highest BCUT2D eigenvalue weighted by atomic mass is 31.2. The molecule has 1 saturated heterocycles. The summed E-state index contributed by atoms with van der Waals surface area (Å²) >= 11 is 0. The number of nitrogens with one attached hydrogen (secondary N) is 1. The van der Waals surface area contributed by atoms with Crippen LogP contribution in [0.2, 0.25) is 0 Å². The lowest BCUT2D eigenvalue weighted by molar-refractivity contribution is -0.0472. The number of carbonyl (C=O) groups excluding carboxylic acids is 2. The van der Waals surface area contributed by atoms with Crippen molar-refractivity contribution in [2.75, 3.05) is 20.8 Å². The Kier molecular flexibility index (Phi) is 9.57. The zero-order valence-electron chi connectivity index (χ0n) is 23.4. The highest BCUT2D eigenvalue weighted by Gasteiger charge is 2.55. The van der Waals surface area contributed by atoms with Crippen LogP contribution in [0.25, 0.3) is 10.4 Å². The summed E-state index contributed by atoms with van der Waals surface area (Å²) in [7, 11) is -2.63. The Balaban J connectivity index is 1.71. The summed E-state index contributed by atoms with van der Waals surface area (Å²) in [5.41, 5.74) is 5.45. The number of aromatic nitrogens is 2. The summed E-state index contributed by atoms with van der Waals surface area (Å²) < 4.78 is 47.2. The van der Waals surface area contributed by atoms with E-state index in [0.29, 0.717) is 0 Å². The first-order chi connectivity index (χ1) is 21.0. The van der Waals surface area contributed by atoms with Crippen LogP contribution in [-0.2, 0) is 23.3 Å². The van der Waals surface area contributed by atoms with Gasteiger partial charge in [0.25, 0.3) is 5.56 Å². The first kappa shape index (κ1) is 32.0. The fraction of sp³-hybridized carbons (Fsp3) is 0.308. The molecule has 2 heterocycles. The molecule has 4 rings (SSSR count). The van der Waals surface area contributed by atoms with Gasteiger partial charge in [0, 0.05) is 17.2 Å². The summed E-state index contributed by atoms with van der Waals surface area (Å²) in [6, 6.07) is 12.2. The maximum Gasteiger partial charge on any atom is 0.587 e. The molecule has 1 fully saturated rings. The van der Waals surface area contributed by atoms with Crippen LogP contribution in [0, 0.1) is 0 Å². The van der Waals surface area contributed by atoms with Crippen molar-refractivity contribution in [1.29, 1.82) is 0 Å². The van der Waals surface area contributed by atoms with Crippen LogP contribution in [0.1, 0.15) is 33.9 Å². The van der Waals surface area contributed by atoms with Crippen LogP contribution in [0.15, 0.2) is 75.5 Å². The molecule has 18 heteroatoms. The number of H-pyrrole nitrogens is 1. The number of hydrogen-bond acceptors (Lipinski definition) is 13. The van der Waals surface area contributed by atoms with Crippen LogP contribution in [-0.4, -0.2) is 65.2 Å². The molecule has 0 unspecified atom stereocenters. The zero-order chi connectivity index (χ0) is 32.1. The smallest absolute Gasteiger partial charge is 0.465 e. The average molecular weight is 631 g/mol. The van der Waals surface area contributed by atoms with Gasteiger partial charge in [0.2, 0.25) is 0 Å². The number of aliphatic hydroxyl groups excluding tert-OH is 1. The number of carbonyl (C=O) groups is 2. The molecule has 17 nitrogen and oxygen atoms in total. The Morgan fingerprint density at radius 2 is 1.59 bits per heavy atom. The molecular weight excluding hydrogens is 605 g/mol. The Morgan fingerprint density at radius 1 is 1.05 bits per heavy atom. The van der Waals surface area contributed by atoms with Crippen LogP contribution >= 0.6 is 7.82 Å². The van der Waals surface area contributed by atoms with Crippen LogP contribution < -0.4 is 20.3 Å². The Labute approximate surface area is 248 Å². The van der Waals surface area contributed by atoms with E-state index in [2.05, 4.69) is 10.0 Å². The third-order valence-corrected chi connectivity index (χ3v) is 7.83. The molecule has 0 amide bonds. The van der Waals surface area contributed by atoms with E-state index >= 15 is 0 Å². The summed E-state index contributed by atoms with van der Waals surface area (Å²) in [6.45, 7) is 0.537. The SMILES string of the molecule is COC(=O)c1ccccc1OP(=O)(OC[C@H]1O[C@@H](n2ccc(=O)[nH]c2=O)[C@](C)(N=[N+]=[N-])[C@@H]1O)Oc1ccccc1C(=O)OC. The van der Waals surface area contributed by atoms with Gasteiger partial charge in [-0.1, -0.05) is 29.4 Å². The van der Waals surface area contributed by atoms with Crippen LogP contribution in [0.4, 0.5) is 0 Å². The average Bonchev–Trinajstić information content (AvgIpc) is 3.25. The van der Waals surface area contributed by atoms with E-state index in [0.717, 1.165) is 31.0 Å². The molecule has 0 bridgehead atoms. The van der Waals surface area contributed by atoms with Gasteiger partial charge >= 0.3 is 25.5 Å². The fourth-order valence-electron chi connectivity index (χ4n) is 4.32. The molecule has 1 aliphatic heterocycles. The van der Waals surface area contributed by atoms with Crippen molar-refractivity contribution in [3.05, 3.63) is 103 Å². The number of phosphoric acid groups is 1. The van der Waals surface area contributed by atoms with E-state index in [1.165, 1.54) is 55.5 Å². The molecule has 1 aromatic heterocycles. The predicted octanol–water partition coefficient (Wildman–Crippen LogP) is 2.72. The van der Waals surface area contributed by atoms with Crippen LogP contribution in [0.5, 0.6) is 11.5 Å². The predicted molar refractivity (Wildman–Crippen MR) is 149 cm³/mol. The van der Waals surface area contributed by atoms with E-state index < -0.39 is 61.6 Å². The van der Waals surface area contributed by atoms with Crippen molar-refractivity contribution in [3.8, 4) is 11.5 Å². The second-order valence-corrected chi connectivity index (χ2v) is 10.8. The zero-order valence-corrected chi connectivity index (χ0v) is 24.3. The lowest BCUT2D eigenvalue weighted by Crippen LogP contribution is -2.45. The van der Waals surface area contributed by atoms with E-state index in [9.17, 15) is 34.4 Å². The minimum Gasteiger partial charge on any atom is -0.465 e. The maximum atomic E-state index is 14.2. The van der Waals surface area contributed by atoms with Crippen LogP contribution in [0.3, 0.4) is 0 Å². The minimum absolute atomic E-state index is 0.144. The largest absolute Gasteiger partial charge is 0.587 e. The van der Waals surface area contributed by atoms with E-state index in [1.54, 1.807) is 0 Å². The van der Waals surface area contributed by atoms with Crippen molar-refractivity contribution < 1.29 is 47.0 Å². The molecule has 0 saturated carbocycles. The van der Waals surface area contributed by atoms with Gasteiger partial charge in [0.1, 0.15) is 34.3 Å². The fourth-order valence-corrected chi connectivity index (χ4v) is 5.59. The quantitative estimate of drug-likeness (QED) is 0.102. The van der Waals surface area contributed by atoms with Gasteiger partial charge in [-0.2, -0.15) is 0 Å². The number of rotatable bonds is 11. The molecule has 232 valence electrons. The number of hydrogen-bond donors (Lipinski definition) is 2. The number of para-hydroxylation sites is 2. The number of methoxy groups -OCH3 is 2. The number of nitrogens with zero attached hydrogens (tertiary/aromatic N) is 4. The Hall–Kier alpha value is -4.92. The number of aliphatic hydroxyl groups is 1. The molecule has 4 atom stereocenters. The van der Waals surface area contributed by atoms with Crippen molar-refractivity contribution >= 4 is 19.8 Å². The summed E-state index contributed by atoms with van der Waals surface area (Å²) in [5, 5.41) is 14.8. The molecule has 0 spiro atoms. The molecule has 44 heavy (non-hydrogen) atoms. The van der Waals surface area contributed by atoms with Gasteiger partial charge in [0.15, 0.2) is 6.23 Å². The number of azide groups is 1. The second kappa shape index (κ2) is 13.2. The Bertz CT molecular complexity index is 1700. The molecule has 1 aliphatic rings. The normalized spacial score (nSPS) is 21.1. The second-order valence-electron chi connectivity index (χ2n) is 9.31. The van der Waals surface area contributed by atoms with Gasteiger partial charge in [-0.15, -0.1) is 0 Å². The lowest BCUT2D eigenvalue weighted by Gasteiger charge is -2.28. The number of ether oxygens (including phenoxy) is 3. The van der Waals surface area contributed by atoms with E-state index in [4.69, 9.17) is 27.8 Å². The van der Waals surface area contributed by atoms with E-state index in [1.807, 2.05) is 4.98 Å². The highest BCUT2D eigenvalue weighted by molar-refractivity contribution is 7.49. The first-order valence-corrected chi connectivity index (χ1v) is 14.1. The van der Waals surface area contributed by atoms with Gasteiger partial charge < -0.3 is 28.4 Å². The van der Waals surface area contributed by atoms with Crippen molar-refractivity contribution in [1.82, 2.24) is 9.55 Å². The van der Waals surface area contributed by atoms with Gasteiger partial charge in [-0.05, 0) is 36.7 Å². The molecule has 2 N–H and O–H groups in total. The summed E-state index contributed by atoms with van der Waals surface area (Å²) in [4.78, 5) is 53.6. The summed E-state index contributed by atoms with van der Waals surface area (Å²) in [5.74, 6) is -2.22. The van der Waals surface area contributed by atoms with Crippen molar-refractivity contribution in [3.63, 3.8) is 0 Å². The first-order valence-electron chi connectivity index (χ1n) is 12.7. The van der Waals surface area contributed by atoms with Gasteiger partial charge in [0.05, 0.1) is 26.9 Å². The number of phosphoric ester groups is 1. The molecule has 2 aromatic carbocycles. The number of esters is 2. The van der Waals surface area contributed by atoms with Gasteiger partial charge in [-0.25, -0.2) is 18.9 Å². The molecule has 0 aliphatic carbocycles. The van der Waals surface area contributed by atoms with E-state index in [-0.39, 0.29) is 22.6 Å². The van der Waals surface area contributed by atoms with Gasteiger partial charge in [-0.3, -0.25) is 18.9 Å². The number of aromatic amines is 1. The van der Waals surface area contributed by atoms with Crippen molar-refractivity contribution in [2.45, 2.75) is 30.9 Å². The highest BCUT2D eigenvalue weighted by Crippen LogP contribution is 2.52. The molecular formula is C26H26N5O12P. The third kappa shape index (κ3) is 6.51. The summed E-state index contributed by atoms with van der Waals surface area (Å²) in [6.07, 6.45) is -3.47. The Morgan fingerprint density at radius 3 is 2.09 bits per heavy atom. The molecule has 3 aromatic rings.